The van der Waals surface area contributed by atoms with Gasteiger partial charge < -0.3 is 14.0 Å². The van der Waals surface area contributed by atoms with Crippen LogP contribution in [0, 0.1) is 6.92 Å². The summed E-state index contributed by atoms with van der Waals surface area (Å²) in [6.07, 6.45) is 1.97. The number of aromatic nitrogens is 1. The lowest BCUT2D eigenvalue weighted by atomic mass is 9.79. The number of hydrogen-bond donors (Lipinski definition) is 0. The molecule has 0 aliphatic carbocycles. The van der Waals surface area contributed by atoms with Crippen LogP contribution >= 0.6 is 46.4 Å². The van der Waals surface area contributed by atoms with Crippen LogP contribution in [-0.2, 0) is 10.3 Å². The molecular formula is C33H26Cl4N2O2. The summed E-state index contributed by atoms with van der Waals surface area (Å²) in [5.41, 5.74) is 5.35. The molecule has 0 fully saturated rings. The Balaban J connectivity index is 1.80. The van der Waals surface area contributed by atoms with Crippen LogP contribution in [0.2, 0.25) is 20.1 Å². The van der Waals surface area contributed by atoms with Crippen molar-refractivity contribution in [1.29, 1.82) is 0 Å². The van der Waals surface area contributed by atoms with Crippen molar-refractivity contribution in [2.24, 2.45) is 0 Å². The maximum absolute atomic E-state index is 13.8. The Kier molecular flexibility index (Phi) is 7.24. The van der Waals surface area contributed by atoms with Gasteiger partial charge in [-0.25, -0.2) is 4.79 Å². The molecule has 3 heterocycles. The first-order valence-corrected chi connectivity index (χ1v) is 14.9. The summed E-state index contributed by atoms with van der Waals surface area (Å²) < 4.78 is 8.60. The number of benzene rings is 3. The van der Waals surface area contributed by atoms with Crippen LogP contribution in [-0.4, -0.2) is 23.5 Å². The fourth-order valence-corrected chi connectivity index (χ4v) is 7.13. The van der Waals surface area contributed by atoms with E-state index in [1.807, 2.05) is 79.0 Å². The maximum atomic E-state index is 13.8. The minimum Gasteiger partial charge on any atom is -0.439 e. The van der Waals surface area contributed by atoms with Gasteiger partial charge in [-0.1, -0.05) is 94.9 Å². The van der Waals surface area contributed by atoms with E-state index in [0.717, 1.165) is 46.7 Å². The Bertz CT molecular complexity index is 1810. The second-order valence-corrected chi connectivity index (χ2v) is 11.5. The normalized spacial score (nSPS) is 16.2. The predicted molar refractivity (Wildman–Crippen MR) is 169 cm³/mol. The van der Waals surface area contributed by atoms with Crippen molar-refractivity contribution >= 4 is 63.6 Å². The summed E-state index contributed by atoms with van der Waals surface area (Å²) >= 11 is 26.9. The number of nitrogens with zero attached hydrogens (tertiary/aromatic N) is 2. The molecule has 0 radical (unpaired) electrons. The van der Waals surface area contributed by atoms with E-state index in [0.29, 0.717) is 11.1 Å². The lowest BCUT2D eigenvalue weighted by Gasteiger charge is -2.33. The van der Waals surface area contributed by atoms with E-state index in [9.17, 15) is 4.79 Å². The van der Waals surface area contributed by atoms with Gasteiger partial charge in [0.15, 0.2) is 0 Å². The first-order chi connectivity index (χ1) is 19.8. The SMILES string of the molecule is CCN(CC)c1ccc(C2(c3c(-c4ccccc4)c(C)c4ccccn34)OC(=O)c3c(Cl)c(Cl)c(Cl)c(Cl)c32)cc1. The van der Waals surface area contributed by atoms with Crippen LogP contribution < -0.4 is 4.90 Å². The highest BCUT2D eigenvalue weighted by atomic mass is 35.5. The molecule has 41 heavy (non-hydrogen) atoms. The molecular weight excluding hydrogens is 598 g/mol. The monoisotopic (exact) mass is 622 g/mol. The zero-order chi connectivity index (χ0) is 29.1. The fraction of sp³-hybridized carbons (Fsp3) is 0.182. The third kappa shape index (κ3) is 4.07. The number of rotatable bonds is 6. The summed E-state index contributed by atoms with van der Waals surface area (Å²) in [5, 5.41) is 0.221. The van der Waals surface area contributed by atoms with Gasteiger partial charge >= 0.3 is 5.97 Å². The van der Waals surface area contributed by atoms with Gasteiger partial charge in [0.25, 0.3) is 0 Å². The highest BCUT2D eigenvalue weighted by molar-refractivity contribution is 6.53. The van der Waals surface area contributed by atoms with Crippen LogP contribution in [0.15, 0.2) is 79.0 Å². The molecule has 6 rings (SSSR count). The summed E-state index contributed by atoms with van der Waals surface area (Å²) in [4.78, 5) is 16.1. The summed E-state index contributed by atoms with van der Waals surface area (Å²) in [5.74, 6) is -0.624. The molecule has 3 aromatic carbocycles. The average Bonchev–Trinajstić information content (AvgIpc) is 3.48. The molecule has 0 saturated heterocycles. The van der Waals surface area contributed by atoms with E-state index in [2.05, 4.69) is 30.1 Å². The quantitative estimate of drug-likeness (QED) is 0.107. The summed E-state index contributed by atoms with van der Waals surface area (Å²) in [6.45, 7) is 8.01. The predicted octanol–water partition coefficient (Wildman–Crippen LogP) is 9.84. The van der Waals surface area contributed by atoms with E-state index in [-0.39, 0.29) is 25.7 Å². The van der Waals surface area contributed by atoms with Crippen molar-refractivity contribution in [1.82, 2.24) is 4.40 Å². The molecule has 0 bridgehead atoms. The Hall–Kier alpha value is -3.15. The molecule has 0 spiro atoms. The van der Waals surface area contributed by atoms with Crippen LogP contribution in [0.5, 0.6) is 0 Å². The summed E-state index contributed by atoms with van der Waals surface area (Å²) in [6, 6.07) is 24.1. The van der Waals surface area contributed by atoms with E-state index in [1.54, 1.807) is 0 Å². The van der Waals surface area contributed by atoms with Gasteiger partial charge in [-0.05, 0) is 56.2 Å². The third-order valence-electron chi connectivity index (χ3n) is 7.96. The molecule has 0 saturated carbocycles. The number of ether oxygens (including phenoxy) is 1. The van der Waals surface area contributed by atoms with Crippen molar-refractivity contribution in [3.63, 3.8) is 0 Å². The first-order valence-electron chi connectivity index (χ1n) is 13.4. The zero-order valence-corrected chi connectivity index (χ0v) is 25.7. The fourth-order valence-electron chi connectivity index (χ4n) is 6.07. The number of aryl methyl sites for hydroxylation is 1. The van der Waals surface area contributed by atoms with Crippen LogP contribution in [0.25, 0.3) is 16.6 Å². The molecule has 0 N–H and O–H groups in total. The number of pyridine rings is 1. The van der Waals surface area contributed by atoms with Gasteiger partial charge in [-0.2, -0.15) is 0 Å². The average molecular weight is 624 g/mol. The minimum absolute atomic E-state index is 0.0150. The number of anilines is 1. The molecule has 8 heteroatoms. The lowest BCUT2D eigenvalue weighted by Crippen LogP contribution is -2.32. The van der Waals surface area contributed by atoms with Gasteiger partial charge in [-0.3, -0.25) is 0 Å². The minimum atomic E-state index is -1.49. The lowest BCUT2D eigenvalue weighted by molar-refractivity contribution is 0.0239. The Morgan fingerprint density at radius 1 is 0.780 bits per heavy atom. The molecule has 2 aromatic heterocycles. The summed E-state index contributed by atoms with van der Waals surface area (Å²) in [7, 11) is 0. The van der Waals surface area contributed by atoms with Gasteiger partial charge in [0, 0.05) is 47.2 Å². The molecule has 1 unspecified atom stereocenters. The van der Waals surface area contributed by atoms with Gasteiger partial charge in [0.05, 0.1) is 31.3 Å². The number of cyclic esters (lactones) is 1. The van der Waals surface area contributed by atoms with E-state index in [4.69, 9.17) is 51.1 Å². The van der Waals surface area contributed by atoms with Crippen molar-refractivity contribution in [2.75, 3.05) is 18.0 Å². The van der Waals surface area contributed by atoms with E-state index < -0.39 is 11.6 Å². The smallest absolute Gasteiger partial charge is 0.341 e. The van der Waals surface area contributed by atoms with Crippen molar-refractivity contribution in [2.45, 2.75) is 26.4 Å². The highest BCUT2D eigenvalue weighted by Crippen LogP contribution is 2.57. The number of esters is 1. The zero-order valence-electron chi connectivity index (χ0n) is 22.6. The second-order valence-electron chi connectivity index (χ2n) is 9.97. The van der Waals surface area contributed by atoms with Crippen molar-refractivity contribution < 1.29 is 9.53 Å². The van der Waals surface area contributed by atoms with Crippen LogP contribution in [0.1, 0.15) is 46.6 Å². The Labute approximate surface area is 259 Å². The van der Waals surface area contributed by atoms with E-state index >= 15 is 0 Å². The van der Waals surface area contributed by atoms with E-state index in [1.165, 1.54) is 0 Å². The number of carbonyl (C=O) groups excluding carboxylic acids is 1. The largest absolute Gasteiger partial charge is 0.439 e. The second kappa shape index (κ2) is 10.6. The van der Waals surface area contributed by atoms with Gasteiger partial charge in [0.1, 0.15) is 0 Å². The van der Waals surface area contributed by atoms with Crippen LogP contribution in [0.4, 0.5) is 5.69 Å². The van der Waals surface area contributed by atoms with Gasteiger partial charge in [-0.15, -0.1) is 0 Å². The van der Waals surface area contributed by atoms with Crippen LogP contribution in [0.3, 0.4) is 0 Å². The topological polar surface area (TPSA) is 34.0 Å². The molecule has 1 aliphatic heterocycles. The molecule has 4 nitrogen and oxygen atoms in total. The number of fused-ring (bicyclic) bond motifs is 2. The highest BCUT2D eigenvalue weighted by Gasteiger charge is 2.55. The maximum Gasteiger partial charge on any atom is 0.341 e. The molecule has 208 valence electrons. The van der Waals surface area contributed by atoms with Gasteiger partial charge in [0.2, 0.25) is 5.60 Å². The third-order valence-corrected chi connectivity index (χ3v) is 9.77. The molecule has 5 aromatic rings. The number of hydrogen-bond acceptors (Lipinski definition) is 3. The molecule has 1 aliphatic rings. The Morgan fingerprint density at radius 3 is 2.07 bits per heavy atom. The van der Waals surface area contributed by atoms with Crippen molar-refractivity contribution in [3.8, 4) is 11.1 Å². The first kappa shape index (κ1) is 28.0. The number of carbonyl (C=O) groups is 1. The molecule has 0 amide bonds. The number of halogens is 4. The standard InChI is InChI=1S/C33H26Cl4N2O2/c1-4-38(5-2)22-16-14-21(15-17-22)33(26-25(32(40)41-33)27(34)29(36)30(37)28(26)35)31-24(20-11-7-6-8-12-20)19(3)23-13-9-10-18-39(23)31/h6-18H,4-5H2,1-3H3. The molecule has 1 atom stereocenters. The van der Waals surface area contributed by atoms with Crippen molar-refractivity contribution in [3.05, 3.63) is 127 Å². The Morgan fingerprint density at radius 2 is 1.41 bits per heavy atom.